The maximum absolute atomic E-state index is 4.36. The highest BCUT2D eigenvalue weighted by Gasteiger charge is 2.31. The first-order valence-corrected chi connectivity index (χ1v) is 8.28. The molecule has 0 aromatic carbocycles. The average molecular weight is 294 g/mol. The zero-order valence-corrected chi connectivity index (χ0v) is 14.2. The summed E-state index contributed by atoms with van der Waals surface area (Å²) in [6, 6.07) is 0.324. The maximum Gasteiger partial charge on any atom is 0.168 e. The molecule has 0 unspecified atom stereocenters. The van der Waals surface area contributed by atoms with Gasteiger partial charge in [0.05, 0.1) is 11.6 Å². The molecule has 21 heavy (non-hydrogen) atoms. The monoisotopic (exact) mass is 294 g/mol. The van der Waals surface area contributed by atoms with Crippen LogP contribution in [-0.4, -0.2) is 62.7 Å². The molecule has 6 heteroatoms. The minimum absolute atomic E-state index is 0.0303. The van der Waals surface area contributed by atoms with Crippen molar-refractivity contribution in [3.8, 4) is 0 Å². The van der Waals surface area contributed by atoms with E-state index < -0.39 is 0 Å². The molecule has 1 atom stereocenters. The van der Waals surface area contributed by atoms with Crippen LogP contribution in [0.1, 0.15) is 59.3 Å². The van der Waals surface area contributed by atoms with Crippen molar-refractivity contribution in [1.29, 1.82) is 0 Å². The number of nitrogens with zero attached hydrogens (tertiary/aromatic N) is 6. The Morgan fingerprint density at radius 1 is 1.10 bits per heavy atom. The van der Waals surface area contributed by atoms with Crippen molar-refractivity contribution in [3.63, 3.8) is 0 Å². The van der Waals surface area contributed by atoms with Crippen LogP contribution in [0.25, 0.3) is 0 Å². The predicted molar refractivity (Wildman–Crippen MR) is 84.1 cm³/mol. The van der Waals surface area contributed by atoms with Gasteiger partial charge in [0.1, 0.15) is 0 Å². The van der Waals surface area contributed by atoms with Crippen molar-refractivity contribution >= 4 is 0 Å². The minimum Gasteiger partial charge on any atom is -0.301 e. The van der Waals surface area contributed by atoms with Gasteiger partial charge in [-0.25, -0.2) is 4.68 Å². The molecule has 120 valence electrons. The lowest BCUT2D eigenvalue weighted by Crippen LogP contribution is -2.48. The van der Waals surface area contributed by atoms with E-state index in [-0.39, 0.29) is 5.54 Å². The molecule has 0 bridgehead atoms. The Kier molecular flexibility index (Phi) is 5.32. The number of likely N-dealkylation sites (N-methyl/N-ethyl adjacent to an activating group) is 1. The number of hydrogen-bond acceptors (Lipinski definition) is 5. The summed E-state index contributed by atoms with van der Waals surface area (Å²) in [5.74, 6) is 1.02. The molecule has 1 aromatic rings. The summed E-state index contributed by atoms with van der Waals surface area (Å²) < 4.78 is 2.04. The van der Waals surface area contributed by atoms with E-state index in [1.807, 2.05) is 4.68 Å². The lowest BCUT2D eigenvalue weighted by molar-refractivity contribution is 0.0879. The normalized spacial score (nSPS) is 19.9. The van der Waals surface area contributed by atoms with Crippen LogP contribution in [0.2, 0.25) is 0 Å². The van der Waals surface area contributed by atoms with Crippen LogP contribution in [-0.2, 0) is 5.54 Å². The number of piperazine rings is 1. The quantitative estimate of drug-likeness (QED) is 0.802. The SMILES string of the molecule is CC[C@@H](c1nnnn1C(C)(C)CC)N1CCN(CC)CC1. The second-order valence-electron chi connectivity index (χ2n) is 6.51. The van der Waals surface area contributed by atoms with Gasteiger partial charge in [-0.3, -0.25) is 4.90 Å². The molecule has 1 aromatic heterocycles. The van der Waals surface area contributed by atoms with E-state index in [2.05, 4.69) is 59.9 Å². The van der Waals surface area contributed by atoms with E-state index in [1.165, 1.54) is 0 Å². The summed E-state index contributed by atoms with van der Waals surface area (Å²) in [6.07, 6.45) is 2.07. The number of rotatable bonds is 6. The Morgan fingerprint density at radius 2 is 1.76 bits per heavy atom. The Hall–Kier alpha value is -1.01. The van der Waals surface area contributed by atoms with E-state index >= 15 is 0 Å². The summed E-state index contributed by atoms with van der Waals surface area (Å²) in [6.45, 7) is 16.7. The molecule has 0 N–H and O–H groups in total. The highest BCUT2D eigenvalue weighted by molar-refractivity contribution is 4.98. The van der Waals surface area contributed by atoms with Gasteiger partial charge < -0.3 is 4.90 Å². The molecule has 0 radical (unpaired) electrons. The van der Waals surface area contributed by atoms with Gasteiger partial charge in [0.25, 0.3) is 0 Å². The van der Waals surface area contributed by atoms with Gasteiger partial charge in [-0.15, -0.1) is 5.10 Å². The molecule has 2 heterocycles. The zero-order valence-electron chi connectivity index (χ0n) is 14.2. The molecular formula is C15H30N6. The molecule has 0 saturated carbocycles. The van der Waals surface area contributed by atoms with Crippen LogP contribution in [0.5, 0.6) is 0 Å². The number of aromatic nitrogens is 4. The van der Waals surface area contributed by atoms with Gasteiger partial charge in [-0.2, -0.15) is 0 Å². The summed E-state index contributed by atoms with van der Waals surface area (Å²) in [4.78, 5) is 5.04. The zero-order chi connectivity index (χ0) is 15.5. The molecule has 1 aliphatic rings. The molecule has 2 rings (SSSR count). The van der Waals surface area contributed by atoms with Gasteiger partial charge in [0.15, 0.2) is 5.82 Å². The third kappa shape index (κ3) is 3.43. The molecule has 6 nitrogen and oxygen atoms in total. The first-order valence-electron chi connectivity index (χ1n) is 8.28. The summed E-state index contributed by atoms with van der Waals surface area (Å²) >= 11 is 0. The molecule has 0 aliphatic carbocycles. The fraction of sp³-hybridized carbons (Fsp3) is 0.933. The van der Waals surface area contributed by atoms with E-state index in [4.69, 9.17) is 0 Å². The van der Waals surface area contributed by atoms with Gasteiger partial charge in [-0.1, -0.05) is 20.8 Å². The number of tetrazole rings is 1. The number of hydrogen-bond donors (Lipinski definition) is 0. The summed E-state index contributed by atoms with van der Waals surface area (Å²) in [7, 11) is 0. The van der Waals surface area contributed by atoms with E-state index in [0.717, 1.165) is 51.4 Å². The van der Waals surface area contributed by atoms with Gasteiger partial charge >= 0.3 is 0 Å². The van der Waals surface area contributed by atoms with Crippen molar-refractivity contribution in [3.05, 3.63) is 5.82 Å². The van der Waals surface area contributed by atoms with Crippen molar-refractivity contribution in [2.75, 3.05) is 32.7 Å². The second kappa shape index (κ2) is 6.83. The van der Waals surface area contributed by atoms with Gasteiger partial charge in [-0.05, 0) is 43.7 Å². The highest BCUT2D eigenvalue weighted by atomic mass is 15.6. The summed E-state index contributed by atoms with van der Waals surface area (Å²) in [5, 5.41) is 12.6. The van der Waals surface area contributed by atoms with Crippen LogP contribution >= 0.6 is 0 Å². The molecule has 1 saturated heterocycles. The topological polar surface area (TPSA) is 50.1 Å². The smallest absolute Gasteiger partial charge is 0.168 e. The van der Waals surface area contributed by atoms with Crippen LogP contribution < -0.4 is 0 Å². The average Bonchev–Trinajstić information content (AvgIpc) is 2.99. The third-order valence-corrected chi connectivity index (χ3v) is 4.91. The van der Waals surface area contributed by atoms with Crippen LogP contribution in [0.15, 0.2) is 0 Å². The largest absolute Gasteiger partial charge is 0.301 e. The molecule has 0 amide bonds. The van der Waals surface area contributed by atoms with E-state index in [1.54, 1.807) is 0 Å². The fourth-order valence-electron chi connectivity index (χ4n) is 2.98. The highest BCUT2D eigenvalue weighted by Crippen LogP contribution is 2.28. The van der Waals surface area contributed by atoms with Crippen molar-refractivity contribution in [1.82, 2.24) is 30.0 Å². The first kappa shape index (κ1) is 16.4. The first-order chi connectivity index (χ1) is 10.0. The molecule has 1 fully saturated rings. The van der Waals surface area contributed by atoms with Gasteiger partial charge in [0.2, 0.25) is 0 Å². The third-order valence-electron chi connectivity index (χ3n) is 4.91. The predicted octanol–water partition coefficient (Wildman–Crippen LogP) is 1.91. The van der Waals surface area contributed by atoms with Crippen molar-refractivity contribution in [2.24, 2.45) is 0 Å². The standard InChI is InChI=1S/C15H30N6/c1-6-13(20-11-9-19(8-3)10-12-20)14-16-17-18-21(14)15(4,5)7-2/h13H,6-12H2,1-5H3/t13-/m0/s1. The lowest BCUT2D eigenvalue weighted by atomic mass is 10.0. The van der Waals surface area contributed by atoms with Crippen LogP contribution in [0, 0.1) is 0 Å². The second-order valence-corrected chi connectivity index (χ2v) is 6.51. The molecular weight excluding hydrogens is 264 g/mol. The van der Waals surface area contributed by atoms with Crippen molar-refractivity contribution in [2.45, 2.75) is 59.0 Å². The van der Waals surface area contributed by atoms with Crippen molar-refractivity contribution < 1.29 is 0 Å². The Morgan fingerprint density at radius 3 is 2.29 bits per heavy atom. The minimum atomic E-state index is -0.0303. The Labute approximate surface area is 128 Å². The van der Waals surface area contributed by atoms with E-state index in [9.17, 15) is 0 Å². The maximum atomic E-state index is 4.36. The summed E-state index contributed by atoms with van der Waals surface area (Å²) in [5.41, 5.74) is -0.0303. The Bertz CT molecular complexity index is 433. The molecule has 1 aliphatic heterocycles. The van der Waals surface area contributed by atoms with E-state index in [0.29, 0.717) is 6.04 Å². The molecule has 0 spiro atoms. The van der Waals surface area contributed by atoms with Gasteiger partial charge in [0, 0.05) is 26.2 Å². The lowest BCUT2D eigenvalue weighted by Gasteiger charge is -2.39. The fourth-order valence-corrected chi connectivity index (χ4v) is 2.98. The van der Waals surface area contributed by atoms with Crippen LogP contribution in [0.4, 0.5) is 0 Å². The van der Waals surface area contributed by atoms with Crippen LogP contribution in [0.3, 0.4) is 0 Å². The Balaban J connectivity index is 2.17.